The molecule has 0 atom stereocenters. The van der Waals surface area contributed by atoms with Crippen molar-refractivity contribution >= 4 is 65.9 Å². The van der Waals surface area contributed by atoms with Crippen LogP contribution >= 0.6 is 0 Å². The van der Waals surface area contributed by atoms with Gasteiger partial charge in [0.2, 0.25) is 5.69 Å². The van der Waals surface area contributed by atoms with Crippen LogP contribution in [0.3, 0.4) is 0 Å². The van der Waals surface area contributed by atoms with Gasteiger partial charge >= 0.3 is 5.97 Å². The first kappa shape index (κ1) is 47.4. The lowest BCUT2D eigenvalue weighted by molar-refractivity contribution is -0.442. The standard InChI is InChI=1S/C46H55N3O12S2/c1-7-31-28-33(63(56,57)58)29-35-34(31)18-20-38-44(35)46(4,5)40(48(38)24-25-60-27-26-59-6)15-11-8-10-14-39-45(2,3)36-30-32(62(53,54)55)17-19-37(36)47(39)23-13-9-12-16-43(52)61-49-41(50)21-22-42(49)51/h8,10-11,14-15,17-20,28-30H,7,9,12-13,16,21-27H2,1-6H3,(H-,53,54,55,56,57,58)/p+1. The van der Waals surface area contributed by atoms with Crippen LogP contribution in [-0.2, 0) is 66.2 Å². The van der Waals surface area contributed by atoms with E-state index >= 15 is 0 Å². The highest BCUT2D eigenvalue weighted by Crippen LogP contribution is 2.49. The summed E-state index contributed by atoms with van der Waals surface area (Å²) in [7, 11) is -7.33. The number of anilines is 1. The minimum Gasteiger partial charge on any atom is -0.382 e. The zero-order valence-electron chi connectivity index (χ0n) is 36.5. The van der Waals surface area contributed by atoms with Gasteiger partial charge in [-0.1, -0.05) is 45.4 Å². The predicted molar refractivity (Wildman–Crippen MR) is 237 cm³/mol. The predicted octanol–water partition coefficient (Wildman–Crippen LogP) is 6.90. The fourth-order valence-corrected chi connectivity index (χ4v) is 9.83. The van der Waals surface area contributed by atoms with E-state index in [2.05, 4.69) is 23.3 Å². The number of fused-ring (bicyclic) bond motifs is 4. The van der Waals surface area contributed by atoms with E-state index in [0.717, 1.165) is 50.2 Å². The van der Waals surface area contributed by atoms with Gasteiger partial charge in [0, 0.05) is 67.4 Å². The van der Waals surface area contributed by atoms with E-state index in [1.165, 1.54) is 18.2 Å². The Morgan fingerprint density at radius 3 is 2.21 bits per heavy atom. The number of hydroxylamine groups is 2. The number of unbranched alkanes of at least 4 members (excludes halogenated alkanes) is 2. The monoisotopic (exact) mass is 906 g/mol. The molecule has 0 saturated carbocycles. The Balaban J connectivity index is 1.28. The molecule has 3 aliphatic rings. The van der Waals surface area contributed by atoms with Gasteiger partial charge in [-0.2, -0.15) is 21.4 Å². The van der Waals surface area contributed by atoms with Crippen LogP contribution in [0.5, 0.6) is 0 Å². The average molecular weight is 907 g/mol. The van der Waals surface area contributed by atoms with Crippen molar-refractivity contribution in [3.8, 4) is 0 Å². The van der Waals surface area contributed by atoms with E-state index in [1.807, 2.05) is 63.3 Å². The number of rotatable bonds is 19. The number of carbonyl (C=O) groups is 3. The number of carbonyl (C=O) groups excluding carboxylic acids is 3. The van der Waals surface area contributed by atoms with Crippen molar-refractivity contribution in [1.82, 2.24) is 5.06 Å². The molecule has 2 N–H and O–H groups in total. The molecule has 3 aliphatic heterocycles. The second kappa shape index (κ2) is 19.0. The molecule has 0 unspecified atom stereocenters. The molecule has 1 fully saturated rings. The fraction of sp³-hybridized carbons (Fsp3) is 0.435. The first-order valence-corrected chi connectivity index (χ1v) is 23.9. The lowest BCUT2D eigenvalue weighted by atomic mass is 9.78. The van der Waals surface area contributed by atoms with Crippen LogP contribution in [0.15, 0.2) is 88.3 Å². The lowest BCUT2D eigenvalue weighted by Gasteiger charge is -2.27. The zero-order chi connectivity index (χ0) is 45.9. The lowest BCUT2D eigenvalue weighted by Crippen LogP contribution is -2.32. The number of aryl methyl sites for hydroxylation is 1. The van der Waals surface area contributed by atoms with Crippen LogP contribution in [0.1, 0.15) is 89.8 Å². The largest absolute Gasteiger partial charge is 0.382 e. The Morgan fingerprint density at radius 1 is 0.825 bits per heavy atom. The molecule has 2 amide bonds. The molecule has 0 radical (unpaired) electrons. The van der Waals surface area contributed by atoms with Crippen LogP contribution in [0, 0.1) is 0 Å². The number of nitrogens with zero attached hydrogens (tertiary/aromatic N) is 3. The fourth-order valence-electron chi connectivity index (χ4n) is 8.76. The number of ether oxygens (including phenoxy) is 2. The van der Waals surface area contributed by atoms with Gasteiger partial charge in [0.05, 0.1) is 28.4 Å². The highest BCUT2D eigenvalue weighted by atomic mass is 32.2. The van der Waals surface area contributed by atoms with Crippen molar-refractivity contribution in [1.29, 1.82) is 0 Å². The first-order chi connectivity index (χ1) is 29.7. The van der Waals surface area contributed by atoms with Gasteiger partial charge in [-0.25, -0.2) is 4.79 Å². The first-order valence-electron chi connectivity index (χ1n) is 21.0. The molecule has 17 heteroatoms. The maximum absolute atomic E-state index is 12.4. The third-order valence-electron chi connectivity index (χ3n) is 11.9. The summed E-state index contributed by atoms with van der Waals surface area (Å²) in [6, 6.07) is 11.7. The number of hydrogen-bond acceptors (Lipinski definition) is 11. The van der Waals surface area contributed by atoms with Crippen LogP contribution < -0.4 is 4.90 Å². The van der Waals surface area contributed by atoms with E-state index in [4.69, 9.17) is 14.3 Å². The average Bonchev–Trinajstić information content (AvgIpc) is 3.73. The Hall–Kier alpha value is -5.04. The van der Waals surface area contributed by atoms with Gasteiger partial charge in [0.15, 0.2) is 12.3 Å². The second-order valence-corrected chi connectivity index (χ2v) is 19.7. The van der Waals surface area contributed by atoms with E-state index < -0.39 is 48.8 Å². The summed E-state index contributed by atoms with van der Waals surface area (Å²) in [5, 5.41) is 2.20. The Morgan fingerprint density at radius 2 is 1.54 bits per heavy atom. The molecule has 3 aromatic carbocycles. The minimum absolute atomic E-state index is 0.0197. The molecule has 15 nitrogen and oxygen atoms in total. The van der Waals surface area contributed by atoms with E-state index in [0.29, 0.717) is 63.7 Å². The van der Waals surface area contributed by atoms with Crippen molar-refractivity contribution in [2.24, 2.45) is 0 Å². The summed E-state index contributed by atoms with van der Waals surface area (Å²) < 4.78 is 82.4. The van der Waals surface area contributed by atoms with Gasteiger partial charge < -0.3 is 19.2 Å². The number of allylic oxidation sites excluding steroid dienone is 6. The molecule has 3 aromatic rings. The van der Waals surface area contributed by atoms with Gasteiger partial charge in [-0.15, -0.1) is 5.06 Å². The quantitative estimate of drug-likeness (QED) is 0.0415. The van der Waals surface area contributed by atoms with Crippen molar-refractivity contribution in [2.75, 3.05) is 44.9 Å². The zero-order valence-corrected chi connectivity index (χ0v) is 38.2. The van der Waals surface area contributed by atoms with Crippen molar-refractivity contribution in [3.05, 3.63) is 95.2 Å². The van der Waals surface area contributed by atoms with Gasteiger partial charge in [0.1, 0.15) is 6.61 Å². The van der Waals surface area contributed by atoms with Crippen LogP contribution in [0.4, 0.5) is 11.4 Å². The van der Waals surface area contributed by atoms with E-state index in [1.54, 1.807) is 19.2 Å². The second-order valence-electron chi connectivity index (χ2n) is 16.8. The molecule has 0 spiro atoms. The van der Waals surface area contributed by atoms with Crippen LogP contribution in [-0.4, -0.2) is 99.1 Å². The van der Waals surface area contributed by atoms with Crippen molar-refractivity contribution in [2.45, 2.75) is 100 Å². The van der Waals surface area contributed by atoms with Gasteiger partial charge in [-0.3, -0.25) is 18.7 Å². The Labute approximate surface area is 369 Å². The van der Waals surface area contributed by atoms with Crippen LogP contribution in [0.25, 0.3) is 10.8 Å². The highest BCUT2D eigenvalue weighted by Gasteiger charge is 2.46. The number of amides is 2. The topological polar surface area (TPSA) is 197 Å². The van der Waals surface area contributed by atoms with E-state index in [-0.39, 0.29) is 29.1 Å². The summed E-state index contributed by atoms with van der Waals surface area (Å²) >= 11 is 0. The molecule has 0 aliphatic carbocycles. The van der Waals surface area contributed by atoms with Crippen molar-refractivity contribution < 1.29 is 59.2 Å². The number of hydrogen-bond donors (Lipinski definition) is 2. The third-order valence-corrected chi connectivity index (χ3v) is 13.6. The normalized spacial score (nSPS) is 17.9. The highest BCUT2D eigenvalue weighted by molar-refractivity contribution is 7.86. The van der Waals surface area contributed by atoms with Gasteiger partial charge in [0.25, 0.3) is 32.1 Å². The summed E-state index contributed by atoms with van der Waals surface area (Å²) in [5.74, 6) is -1.72. The molecule has 0 bridgehead atoms. The number of imide groups is 1. The van der Waals surface area contributed by atoms with Crippen molar-refractivity contribution in [3.63, 3.8) is 0 Å². The molecule has 1 saturated heterocycles. The summed E-state index contributed by atoms with van der Waals surface area (Å²) in [6.45, 7) is 12.4. The van der Waals surface area contributed by atoms with Gasteiger partial charge in [-0.05, 0) is 97.5 Å². The molecule has 63 heavy (non-hydrogen) atoms. The SMILES string of the molecule is CCc1cc(S(=O)(=O)O)cc2c3c(ccc12)[N+](CCOCCOC)=C(/C=C/C=C/C=C1/N(CCCCCC(=O)ON2C(=O)CCC2=O)c2ccc(S(=O)(=O)O)cc2C1(C)C)C3(C)C. The minimum atomic E-state index is -4.48. The summed E-state index contributed by atoms with van der Waals surface area (Å²) in [4.78, 5) is 42.8. The third kappa shape index (κ3) is 10.0. The smallest absolute Gasteiger partial charge is 0.333 e. The Bertz CT molecular complexity index is 2650. The Kier molecular flexibility index (Phi) is 14.3. The maximum atomic E-state index is 12.4. The molecule has 0 aromatic heterocycles. The molecule has 3 heterocycles. The number of methoxy groups -OCH3 is 1. The molecular weight excluding hydrogens is 851 g/mol. The maximum Gasteiger partial charge on any atom is 0.333 e. The van der Waals surface area contributed by atoms with Crippen LogP contribution in [0.2, 0.25) is 0 Å². The summed E-state index contributed by atoms with van der Waals surface area (Å²) in [5.41, 5.74) is 4.69. The molecule has 338 valence electrons. The summed E-state index contributed by atoms with van der Waals surface area (Å²) in [6.07, 6.45) is 12.1. The molecule has 6 rings (SSSR count). The number of benzene rings is 3. The molecular formula is C46H56N3O12S2+. The van der Waals surface area contributed by atoms with E-state index in [9.17, 15) is 40.3 Å².